The fourth-order valence-corrected chi connectivity index (χ4v) is 14.2. The minimum absolute atomic E-state index is 0.555. The molecule has 0 spiro atoms. The molecule has 0 bridgehead atoms. The average Bonchev–Trinajstić information content (AvgIpc) is 1.17. The van der Waals surface area contributed by atoms with E-state index in [0.29, 0.717) is 34.9 Å². The van der Waals surface area contributed by atoms with E-state index in [1.807, 2.05) is 72.8 Å². The standard InChI is InChI=1S/C88H56N8/c1-5-29-57(30-6-1)83-89-84(58-31-7-2-8-32-58)92-87(91-83)73-45-15-13-37-61(73)69-53-55-72(68-44-22-28-52-80(68)96-77-49-25-19-41-65(77)66-42-20-26-50-78(66)96)82-70(62-38-14-16-46-74(62)88-93-85(59-33-9-3-10-34-59)90-86(94-88)60-35-11-4-12-36-60)54-56-71(81(69)82)67-43-21-27-51-79(67)95-75-47-23-17-39-63(75)64-40-18-24-48-76(64)95/h1-56H. The summed E-state index contributed by atoms with van der Waals surface area (Å²) in [5.74, 6) is 3.44. The fraction of sp³-hybridized carbons (Fsp3) is 0. The molecule has 0 unspecified atom stereocenters. The van der Waals surface area contributed by atoms with Gasteiger partial charge in [0.15, 0.2) is 34.9 Å². The molecule has 0 atom stereocenters. The first-order valence-corrected chi connectivity index (χ1v) is 32.4. The highest BCUT2D eigenvalue weighted by Crippen LogP contribution is 2.51. The maximum Gasteiger partial charge on any atom is 0.164 e. The number of fused-ring (bicyclic) bond motifs is 7. The Morgan fingerprint density at radius 1 is 0.156 bits per heavy atom. The van der Waals surface area contributed by atoms with E-state index in [9.17, 15) is 0 Å². The van der Waals surface area contributed by atoms with Crippen molar-refractivity contribution >= 4 is 54.4 Å². The van der Waals surface area contributed by atoms with Gasteiger partial charge in [0.05, 0.1) is 33.4 Å². The first kappa shape index (κ1) is 55.8. The maximum absolute atomic E-state index is 5.43. The van der Waals surface area contributed by atoms with Crippen LogP contribution in [0.25, 0.3) is 179 Å². The highest BCUT2D eigenvalue weighted by atomic mass is 15.0. The molecule has 0 saturated heterocycles. The Kier molecular flexibility index (Phi) is 13.7. The van der Waals surface area contributed by atoms with Crippen LogP contribution in [0.3, 0.4) is 0 Å². The molecule has 0 saturated carbocycles. The van der Waals surface area contributed by atoms with E-state index in [-0.39, 0.29) is 0 Å². The van der Waals surface area contributed by atoms with Crippen molar-refractivity contribution in [1.29, 1.82) is 0 Å². The zero-order valence-electron chi connectivity index (χ0n) is 51.9. The monoisotopic (exact) mass is 1220 g/mol. The molecule has 0 aliphatic carbocycles. The molecule has 0 radical (unpaired) electrons. The number of benzene rings is 14. The molecule has 4 heterocycles. The predicted molar refractivity (Wildman–Crippen MR) is 394 cm³/mol. The third-order valence-corrected chi connectivity index (χ3v) is 18.5. The van der Waals surface area contributed by atoms with E-state index in [4.69, 9.17) is 29.9 Å². The number of nitrogens with zero attached hydrogens (tertiary/aromatic N) is 8. The second-order valence-corrected chi connectivity index (χ2v) is 24.0. The van der Waals surface area contributed by atoms with Crippen LogP contribution in [0.1, 0.15) is 0 Å². The summed E-state index contributed by atoms with van der Waals surface area (Å²) >= 11 is 0. The first-order chi connectivity index (χ1) is 47.7. The Bertz CT molecular complexity index is 5430. The molecule has 18 aromatic rings. The van der Waals surface area contributed by atoms with E-state index >= 15 is 0 Å². The van der Waals surface area contributed by atoms with Crippen molar-refractivity contribution in [3.8, 4) is 124 Å². The third kappa shape index (κ3) is 9.54. The Morgan fingerprint density at radius 2 is 0.375 bits per heavy atom. The van der Waals surface area contributed by atoms with Gasteiger partial charge in [-0.15, -0.1) is 0 Å². The number of para-hydroxylation sites is 6. The van der Waals surface area contributed by atoms with Crippen LogP contribution < -0.4 is 0 Å². The average molecular weight is 1230 g/mol. The fourth-order valence-electron chi connectivity index (χ4n) is 14.2. The van der Waals surface area contributed by atoms with Gasteiger partial charge < -0.3 is 9.13 Å². The SMILES string of the molecule is c1ccc(-c2nc(-c3ccccc3)nc(-c3ccccc3-c3ccc(-c4ccccc4-n4c5ccccc5c5ccccc54)c4c(-c5ccccc5-c5nc(-c6ccccc6)nc(-c6ccccc6)n5)ccc(-c5ccccc5-n5c6ccccc6c6ccccc65)c34)n2)cc1. The van der Waals surface area contributed by atoms with Gasteiger partial charge >= 0.3 is 0 Å². The minimum atomic E-state index is 0.555. The van der Waals surface area contributed by atoms with Gasteiger partial charge in [-0.3, -0.25) is 0 Å². The lowest BCUT2D eigenvalue weighted by Gasteiger charge is -2.24. The zero-order valence-corrected chi connectivity index (χ0v) is 51.9. The molecule has 0 aliphatic heterocycles. The summed E-state index contributed by atoms with van der Waals surface area (Å²) in [5, 5.41) is 6.80. The van der Waals surface area contributed by atoms with Gasteiger partial charge in [0.2, 0.25) is 0 Å². The number of hydrogen-bond donors (Lipinski definition) is 0. The summed E-state index contributed by atoms with van der Waals surface area (Å²) in [6, 6.07) is 120. The first-order valence-electron chi connectivity index (χ1n) is 32.4. The van der Waals surface area contributed by atoms with Crippen LogP contribution in [-0.2, 0) is 0 Å². The quantitative estimate of drug-likeness (QED) is 0.121. The third-order valence-electron chi connectivity index (χ3n) is 18.5. The van der Waals surface area contributed by atoms with Crippen LogP contribution in [0.2, 0.25) is 0 Å². The van der Waals surface area contributed by atoms with Crippen molar-refractivity contribution in [2.45, 2.75) is 0 Å². The minimum Gasteiger partial charge on any atom is -0.309 e. The molecule has 0 N–H and O–H groups in total. The maximum atomic E-state index is 5.43. The molecular formula is C88H56N8. The van der Waals surface area contributed by atoms with Crippen LogP contribution >= 0.6 is 0 Å². The summed E-state index contributed by atoms with van der Waals surface area (Å²) in [5.41, 5.74) is 19.9. The number of rotatable bonds is 12. The van der Waals surface area contributed by atoms with Gasteiger partial charge in [0, 0.05) is 66.1 Å². The van der Waals surface area contributed by atoms with Crippen molar-refractivity contribution in [3.05, 3.63) is 340 Å². The van der Waals surface area contributed by atoms with Crippen molar-refractivity contribution in [2.24, 2.45) is 0 Å². The highest BCUT2D eigenvalue weighted by molar-refractivity contribution is 6.21. The van der Waals surface area contributed by atoms with Crippen LogP contribution in [0.5, 0.6) is 0 Å². The van der Waals surface area contributed by atoms with Gasteiger partial charge in [-0.1, -0.05) is 303 Å². The van der Waals surface area contributed by atoms with Gasteiger partial charge in [-0.2, -0.15) is 0 Å². The normalized spacial score (nSPS) is 11.5. The van der Waals surface area contributed by atoms with Crippen LogP contribution in [0.4, 0.5) is 0 Å². The van der Waals surface area contributed by atoms with E-state index in [1.54, 1.807) is 0 Å². The van der Waals surface area contributed by atoms with Crippen molar-refractivity contribution in [2.75, 3.05) is 0 Å². The van der Waals surface area contributed by atoms with Crippen molar-refractivity contribution in [1.82, 2.24) is 39.0 Å². The lowest BCUT2D eigenvalue weighted by atomic mass is 9.81. The molecule has 8 heteroatoms. The largest absolute Gasteiger partial charge is 0.309 e. The zero-order chi connectivity index (χ0) is 63.5. The van der Waals surface area contributed by atoms with Gasteiger partial charge in [-0.05, 0) is 80.6 Å². The molecular weight excluding hydrogens is 1170 g/mol. The Labute approximate surface area is 554 Å². The Hall–Kier alpha value is -13.0. The van der Waals surface area contributed by atoms with Crippen LogP contribution in [0.15, 0.2) is 340 Å². The second-order valence-electron chi connectivity index (χ2n) is 24.0. The number of hydrogen-bond acceptors (Lipinski definition) is 6. The van der Waals surface area contributed by atoms with Gasteiger partial charge in [-0.25, -0.2) is 29.9 Å². The molecule has 0 amide bonds. The van der Waals surface area contributed by atoms with E-state index in [1.165, 1.54) is 21.5 Å². The molecule has 14 aromatic carbocycles. The van der Waals surface area contributed by atoms with Crippen LogP contribution in [-0.4, -0.2) is 39.0 Å². The molecule has 0 fully saturated rings. The summed E-state index contributed by atoms with van der Waals surface area (Å²) < 4.78 is 4.89. The molecule has 4 aromatic heterocycles. The summed E-state index contributed by atoms with van der Waals surface area (Å²) in [6.07, 6.45) is 0. The van der Waals surface area contributed by atoms with Crippen molar-refractivity contribution in [3.63, 3.8) is 0 Å². The lowest BCUT2D eigenvalue weighted by Crippen LogP contribution is -2.03. The summed E-state index contributed by atoms with van der Waals surface area (Å²) in [7, 11) is 0. The highest BCUT2D eigenvalue weighted by Gasteiger charge is 2.27. The Balaban J connectivity index is 0.992. The number of aromatic nitrogens is 8. The summed E-state index contributed by atoms with van der Waals surface area (Å²) in [4.78, 5) is 32.1. The van der Waals surface area contributed by atoms with E-state index in [2.05, 4.69) is 276 Å². The second kappa shape index (κ2) is 23.6. The molecule has 448 valence electrons. The summed E-state index contributed by atoms with van der Waals surface area (Å²) in [6.45, 7) is 0. The molecule has 18 rings (SSSR count). The van der Waals surface area contributed by atoms with E-state index < -0.39 is 0 Å². The predicted octanol–water partition coefficient (Wildman–Crippen LogP) is 22.1. The smallest absolute Gasteiger partial charge is 0.164 e. The van der Waals surface area contributed by atoms with Gasteiger partial charge in [0.25, 0.3) is 0 Å². The topological polar surface area (TPSA) is 87.2 Å². The molecule has 96 heavy (non-hydrogen) atoms. The van der Waals surface area contributed by atoms with Crippen LogP contribution in [0, 0.1) is 0 Å². The van der Waals surface area contributed by atoms with Crippen molar-refractivity contribution < 1.29 is 0 Å². The molecule has 0 aliphatic rings. The Morgan fingerprint density at radius 3 is 0.677 bits per heavy atom. The lowest BCUT2D eigenvalue weighted by molar-refractivity contribution is 1.07. The van der Waals surface area contributed by atoms with E-state index in [0.717, 1.165) is 122 Å². The van der Waals surface area contributed by atoms with Gasteiger partial charge in [0.1, 0.15) is 0 Å². The molecule has 8 nitrogen and oxygen atoms in total.